The van der Waals surface area contributed by atoms with Crippen molar-refractivity contribution in [1.82, 2.24) is 5.32 Å². The monoisotopic (exact) mass is 267 g/mol. The van der Waals surface area contributed by atoms with Crippen LogP contribution in [0.1, 0.15) is 30.1 Å². The molecule has 1 aliphatic rings. The molecule has 5 heteroatoms. The van der Waals surface area contributed by atoms with Crippen molar-refractivity contribution in [1.29, 1.82) is 0 Å². The second-order valence-electron chi connectivity index (χ2n) is 4.34. The van der Waals surface area contributed by atoms with Crippen molar-refractivity contribution in [3.8, 4) is 0 Å². The lowest BCUT2D eigenvalue weighted by Gasteiger charge is -2.13. The van der Waals surface area contributed by atoms with E-state index in [0.29, 0.717) is 10.6 Å². The van der Waals surface area contributed by atoms with Crippen molar-refractivity contribution in [3.05, 3.63) is 34.9 Å². The molecule has 1 amide bonds. The van der Waals surface area contributed by atoms with Crippen molar-refractivity contribution in [3.63, 3.8) is 0 Å². The zero-order valence-electron chi connectivity index (χ0n) is 9.98. The van der Waals surface area contributed by atoms with Gasteiger partial charge in [0.25, 0.3) is 5.91 Å². The Hall–Kier alpha value is -1.55. The third kappa shape index (κ3) is 3.47. The van der Waals surface area contributed by atoms with Gasteiger partial charge in [-0.05, 0) is 38.0 Å². The number of hydrogen-bond acceptors (Lipinski definition) is 3. The molecular formula is C13H14ClNO3. The predicted molar refractivity (Wildman–Crippen MR) is 67.5 cm³/mol. The first-order valence-corrected chi connectivity index (χ1v) is 6.21. The van der Waals surface area contributed by atoms with Crippen LogP contribution in [-0.2, 0) is 9.53 Å². The fourth-order valence-corrected chi connectivity index (χ4v) is 1.63. The summed E-state index contributed by atoms with van der Waals surface area (Å²) in [5, 5.41) is 3.24. The molecule has 2 rings (SSSR count). The maximum Gasteiger partial charge on any atom is 0.338 e. The molecular weight excluding hydrogens is 254 g/mol. The molecule has 1 aromatic carbocycles. The average molecular weight is 268 g/mol. The lowest BCUT2D eigenvalue weighted by Crippen LogP contribution is -2.37. The van der Waals surface area contributed by atoms with Crippen LogP contribution in [0.2, 0.25) is 5.02 Å². The smallest absolute Gasteiger partial charge is 0.338 e. The summed E-state index contributed by atoms with van der Waals surface area (Å²) < 4.78 is 5.07. The Labute approximate surface area is 110 Å². The van der Waals surface area contributed by atoms with E-state index in [9.17, 15) is 9.59 Å². The standard InChI is InChI=1S/C13H14ClNO3/c1-8(12(16)15-11-5-6-11)18-13(17)9-3-2-4-10(14)7-9/h2-4,7-8,11H,5-6H2,1H3,(H,15,16)/t8-/m0/s1. The van der Waals surface area contributed by atoms with Gasteiger partial charge in [-0.15, -0.1) is 0 Å². The first kappa shape index (κ1) is 12.9. The Balaban J connectivity index is 1.91. The van der Waals surface area contributed by atoms with Gasteiger partial charge in [0, 0.05) is 11.1 Å². The first-order valence-electron chi connectivity index (χ1n) is 5.83. The van der Waals surface area contributed by atoms with Crippen molar-refractivity contribution < 1.29 is 14.3 Å². The van der Waals surface area contributed by atoms with Crippen LogP contribution in [0, 0.1) is 0 Å². The number of esters is 1. The number of nitrogens with one attached hydrogen (secondary N) is 1. The predicted octanol–water partition coefficient (Wildman–Crippen LogP) is 2.16. The molecule has 4 nitrogen and oxygen atoms in total. The van der Waals surface area contributed by atoms with E-state index < -0.39 is 12.1 Å². The van der Waals surface area contributed by atoms with Crippen LogP contribution in [-0.4, -0.2) is 24.0 Å². The molecule has 18 heavy (non-hydrogen) atoms. The van der Waals surface area contributed by atoms with E-state index in [-0.39, 0.29) is 11.9 Å². The van der Waals surface area contributed by atoms with Crippen LogP contribution in [0.3, 0.4) is 0 Å². The molecule has 0 radical (unpaired) electrons. The number of benzene rings is 1. The summed E-state index contributed by atoms with van der Waals surface area (Å²) in [7, 11) is 0. The molecule has 1 aliphatic carbocycles. The molecule has 0 heterocycles. The highest BCUT2D eigenvalue weighted by atomic mass is 35.5. The van der Waals surface area contributed by atoms with Crippen LogP contribution >= 0.6 is 11.6 Å². The molecule has 0 spiro atoms. The summed E-state index contributed by atoms with van der Waals surface area (Å²) in [6.45, 7) is 1.56. The number of ether oxygens (including phenoxy) is 1. The Morgan fingerprint density at radius 1 is 1.44 bits per heavy atom. The summed E-state index contributed by atoms with van der Waals surface area (Å²) in [5.74, 6) is -0.802. The average Bonchev–Trinajstić information content (AvgIpc) is 3.12. The molecule has 1 aromatic rings. The molecule has 0 unspecified atom stereocenters. The van der Waals surface area contributed by atoms with Crippen molar-refractivity contribution in [2.24, 2.45) is 0 Å². The second-order valence-corrected chi connectivity index (χ2v) is 4.78. The van der Waals surface area contributed by atoms with Gasteiger partial charge in [0.1, 0.15) is 0 Å². The fourth-order valence-electron chi connectivity index (χ4n) is 1.44. The highest BCUT2D eigenvalue weighted by molar-refractivity contribution is 6.30. The molecule has 0 bridgehead atoms. The lowest BCUT2D eigenvalue weighted by molar-refractivity contribution is -0.129. The van der Waals surface area contributed by atoms with Gasteiger partial charge >= 0.3 is 5.97 Å². The van der Waals surface area contributed by atoms with E-state index in [1.165, 1.54) is 6.07 Å². The SMILES string of the molecule is C[C@H](OC(=O)c1cccc(Cl)c1)C(=O)NC1CC1. The normalized spacial score (nSPS) is 15.9. The summed E-state index contributed by atoms with van der Waals surface area (Å²) in [4.78, 5) is 23.4. The summed E-state index contributed by atoms with van der Waals surface area (Å²) in [6.07, 6.45) is 1.21. The minimum Gasteiger partial charge on any atom is -0.449 e. The zero-order valence-corrected chi connectivity index (χ0v) is 10.7. The highest BCUT2D eigenvalue weighted by Gasteiger charge is 2.27. The van der Waals surface area contributed by atoms with Gasteiger partial charge in [0.05, 0.1) is 5.56 Å². The summed E-state index contributed by atoms with van der Waals surface area (Å²) >= 11 is 5.78. The molecule has 1 saturated carbocycles. The number of hydrogen-bond donors (Lipinski definition) is 1. The maximum absolute atomic E-state index is 11.8. The number of rotatable bonds is 4. The van der Waals surface area contributed by atoms with Gasteiger partial charge in [0.2, 0.25) is 0 Å². The third-order valence-corrected chi connectivity index (χ3v) is 2.87. The molecule has 0 aliphatic heterocycles. The number of halogens is 1. The fraction of sp³-hybridized carbons (Fsp3) is 0.385. The van der Waals surface area contributed by atoms with E-state index in [1.807, 2.05) is 0 Å². The molecule has 1 N–H and O–H groups in total. The number of carbonyl (C=O) groups excluding carboxylic acids is 2. The van der Waals surface area contributed by atoms with Gasteiger partial charge < -0.3 is 10.1 Å². The highest BCUT2D eigenvalue weighted by Crippen LogP contribution is 2.19. The van der Waals surface area contributed by atoms with Crippen LogP contribution in [0.15, 0.2) is 24.3 Å². The Morgan fingerprint density at radius 2 is 2.17 bits per heavy atom. The van der Waals surface area contributed by atoms with Crippen molar-refractivity contribution >= 4 is 23.5 Å². The number of amides is 1. The second kappa shape index (κ2) is 5.40. The summed E-state index contributed by atoms with van der Waals surface area (Å²) in [5.41, 5.74) is 0.341. The largest absolute Gasteiger partial charge is 0.449 e. The Bertz CT molecular complexity index is 471. The zero-order chi connectivity index (χ0) is 13.1. The topological polar surface area (TPSA) is 55.4 Å². The van der Waals surface area contributed by atoms with E-state index in [0.717, 1.165) is 12.8 Å². The number of carbonyl (C=O) groups is 2. The van der Waals surface area contributed by atoms with Crippen LogP contribution in [0.5, 0.6) is 0 Å². The molecule has 0 saturated heterocycles. The van der Waals surface area contributed by atoms with Crippen molar-refractivity contribution in [2.45, 2.75) is 31.9 Å². The molecule has 96 valence electrons. The van der Waals surface area contributed by atoms with Gasteiger partial charge in [-0.2, -0.15) is 0 Å². The lowest BCUT2D eigenvalue weighted by atomic mass is 10.2. The van der Waals surface area contributed by atoms with Crippen LogP contribution < -0.4 is 5.32 Å². The Kier molecular flexibility index (Phi) is 3.87. The third-order valence-electron chi connectivity index (χ3n) is 2.64. The van der Waals surface area contributed by atoms with E-state index in [4.69, 9.17) is 16.3 Å². The van der Waals surface area contributed by atoms with Gasteiger partial charge in [0.15, 0.2) is 6.10 Å². The minimum atomic E-state index is -0.794. The first-order chi connectivity index (χ1) is 8.56. The van der Waals surface area contributed by atoms with E-state index in [2.05, 4.69) is 5.32 Å². The van der Waals surface area contributed by atoms with Crippen LogP contribution in [0.4, 0.5) is 0 Å². The van der Waals surface area contributed by atoms with Gasteiger partial charge in [-0.1, -0.05) is 17.7 Å². The van der Waals surface area contributed by atoms with Gasteiger partial charge in [-0.25, -0.2) is 4.79 Å². The van der Waals surface area contributed by atoms with Crippen molar-refractivity contribution in [2.75, 3.05) is 0 Å². The van der Waals surface area contributed by atoms with E-state index in [1.54, 1.807) is 25.1 Å². The quantitative estimate of drug-likeness (QED) is 0.851. The van der Waals surface area contributed by atoms with Gasteiger partial charge in [-0.3, -0.25) is 4.79 Å². The minimum absolute atomic E-state index is 0.254. The molecule has 1 atom stereocenters. The molecule has 1 fully saturated rings. The maximum atomic E-state index is 11.8. The summed E-state index contributed by atoms with van der Waals surface area (Å²) in [6, 6.07) is 6.69. The van der Waals surface area contributed by atoms with Crippen LogP contribution in [0.25, 0.3) is 0 Å². The van der Waals surface area contributed by atoms with E-state index >= 15 is 0 Å². The Morgan fingerprint density at radius 3 is 2.78 bits per heavy atom. The molecule has 0 aromatic heterocycles.